The number of ether oxygens (including phenoxy) is 1. The average Bonchev–Trinajstić information content (AvgIpc) is 2.51. The zero-order valence-corrected chi connectivity index (χ0v) is 10.3. The molecule has 0 unspecified atom stereocenters. The predicted molar refractivity (Wildman–Crippen MR) is 60.0 cm³/mol. The van der Waals surface area contributed by atoms with Crippen LogP contribution >= 0.6 is 0 Å². The van der Waals surface area contributed by atoms with Gasteiger partial charge in [0.05, 0.1) is 11.5 Å². The summed E-state index contributed by atoms with van der Waals surface area (Å²) in [5.74, 6) is 0.137. The highest BCUT2D eigenvalue weighted by molar-refractivity contribution is 5.59. The van der Waals surface area contributed by atoms with Crippen LogP contribution < -0.4 is 5.32 Å². The molecule has 7 nitrogen and oxygen atoms in total. The van der Waals surface area contributed by atoms with E-state index in [0.29, 0.717) is 0 Å². The van der Waals surface area contributed by atoms with Gasteiger partial charge in [-0.2, -0.15) is 18.3 Å². The maximum absolute atomic E-state index is 11.8. The fourth-order valence-corrected chi connectivity index (χ4v) is 1.49. The Kier molecular flexibility index (Phi) is 4.70. The summed E-state index contributed by atoms with van der Waals surface area (Å²) >= 11 is 0. The molecule has 1 N–H and O–H groups in total. The number of aromatic nitrogens is 2. The smallest absolute Gasteiger partial charge is 0.370 e. The van der Waals surface area contributed by atoms with Crippen LogP contribution in [-0.2, 0) is 11.8 Å². The molecule has 0 atom stereocenters. The van der Waals surface area contributed by atoms with E-state index in [0.717, 1.165) is 0 Å². The Hall–Kier alpha value is -1.84. The Labute approximate surface area is 106 Å². The second-order valence-electron chi connectivity index (χ2n) is 3.76. The van der Waals surface area contributed by atoms with E-state index in [9.17, 15) is 23.3 Å². The monoisotopic (exact) mass is 282 g/mol. The molecule has 0 saturated heterocycles. The second kappa shape index (κ2) is 5.87. The van der Waals surface area contributed by atoms with E-state index in [4.69, 9.17) is 0 Å². The minimum Gasteiger partial charge on any atom is -0.370 e. The molecule has 0 saturated carbocycles. The Morgan fingerprint density at radius 2 is 2.16 bits per heavy atom. The first kappa shape index (κ1) is 15.2. The lowest BCUT2D eigenvalue weighted by Gasteiger charge is -2.09. The van der Waals surface area contributed by atoms with Gasteiger partial charge in [0.2, 0.25) is 5.82 Å². The molecule has 1 aromatic heterocycles. The first-order valence-corrected chi connectivity index (χ1v) is 5.28. The van der Waals surface area contributed by atoms with E-state index in [1.165, 1.54) is 18.7 Å². The van der Waals surface area contributed by atoms with Gasteiger partial charge in [-0.3, -0.25) is 10.1 Å². The molecule has 0 spiro atoms. The van der Waals surface area contributed by atoms with Crippen molar-refractivity contribution in [3.05, 3.63) is 15.8 Å². The number of aryl methyl sites for hydroxylation is 2. The van der Waals surface area contributed by atoms with Gasteiger partial charge < -0.3 is 10.1 Å². The normalized spacial score (nSPS) is 11.6. The molecule has 108 valence electrons. The first-order chi connectivity index (χ1) is 8.72. The van der Waals surface area contributed by atoms with Gasteiger partial charge in [-0.25, -0.2) is 4.68 Å². The van der Waals surface area contributed by atoms with Crippen LogP contribution in [0.15, 0.2) is 0 Å². The van der Waals surface area contributed by atoms with Crippen LogP contribution in [0.2, 0.25) is 0 Å². The molecule has 1 heterocycles. The molecule has 10 heteroatoms. The molecule has 0 aliphatic rings. The highest BCUT2D eigenvalue weighted by Crippen LogP contribution is 2.26. The molecular formula is C9H13F3N4O3. The topological polar surface area (TPSA) is 82.2 Å². The van der Waals surface area contributed by atoms with Crippen LogP contribution in [0, 0.1) is 17.0 Å². The number of nitro groups is 1. The second-order valence-corrected chi connectivity index (χ2v) is 3.76. The van der Waals surface area contributed by atoms with Gasteiger partial charge in [-0.15, -0.1) is 0 Å². The molecule has 0 amide bonds. The van der Waals surface area contributed by atoms with Crippen LogP contribution in [0.5, 0.6) is 0 Å². The number of nitrogens with one attached hydrogen (secondary N) is 1. The van der Waals surface area contributed by atoms with Crippen LogP contribution in [-0.4, -0.2) is 40.6 Å². The lowest BCUT2D eigenvalue weighted by atomic mass is 10.4. The summed E-state index contributed by atoms with van der Waals surface area (Å²) in [5, 5.41) is 17.3. The summed E-state index contributed by atoms with van der Waals surface area (Å²) in [6.45, 7) is -0.0819. The lowest BCUT2D eigenvalue weighted by molar-refractivity contribution is -0.384. The van der Waals surface area contributed by atoms with Crippen molar-refractivity contribution in [1.82, 2.24) is 9.78 Å². The summed E-state index contributed by atoms with van der Waals surface area (Å²) < 4.78 is 41.0. The molecule has 0 aliphatic carbocycles. The van der Waals surface area contributed by atoms with Gasteiger partial charge in [0, 0.05) is 13.6 Å². The van der Waals surface area contributed by atoms with Gasteiger partial charge in [0.25, 0.3) is 0 Å². The van der Waals surface area contributed by atoms with Crippen molar-refractivity contribution >= 4 is 11.5 Å². The van der Waals surface area contributed by atoms with Crippen molar-refractivity contribution in [3.8, 4) is 0 Å². The SMILES string of the molecule is Cc1nn(C)c(NCCOCC(F)(F)F)c1[N+](=O)[O-]. The van der Waals surface area contributed by atoms with Crippen LogP contribution in [0.1, 0.15) is 5.69 Å². The van der Waals surface area contributed by atoms with Gasteiger partial charge in [-0.05, 0) is 6.92 Å². The van der Waals surface area contributed by atoms with Crippen LogP contribution in [0.4, 0.5) is 24.7 Å². The maximum Gasteiger partial charge on any atom is 0.411 e. The number of anilines is 1. The Balaban J connectivity index is 2.52. The van der Waals surface area contributed by atoms with Crippen LogP contribution in [0.25, 0.3) is 0 Å². The largest absolute Gasteiger partial charge is 0.411 e. The highest BCUT2D eigenvalue weighted by Gasteiger charge is 2.27. The van der Waals surface area contributed by atoms with Crippen molar-refractivity contribution in [2.75, 3.05) is 25.1 Å². The zero-order valence-electron chi connectivity index (χ0n) is 10.3. The molecule has 0 aliphatic heterocycles. The number of hydrogen-bond donors (Lipinski definition) is 1. The highest BCUT2D eigenvalue weighted by atomic mass is 19.4. The van der Waals surface area contributed by atoms with Crippen molar-refractivity contribution in [2.24, 2.45) is 7.05 Å². The molecule has 1 rings (SSSR count). The van der Waals surface area contributed by atoms with Gasteiger partial charge in [-0.1, -0.05) is 0 Å². The number of rotatable bonds is 6. The standard InChI is InChI=1S/C9H13F3N4O3/c1-6-7(16(17)18)8(15(2)14-6)13-3-4-19-5-9(10,11)12/h13H,3-5H2,1-2H3. The maximum atomic E-state index is 11.8. The third-order valence-corrected chi connectivity index (χ3v) is 2.18. The summed E-state index contributed by atoms with van der Waals surface area (Å²) in [6, 6.07) is 0. The Morgan fingerprint density at radius 1 is 1.53 bits per heavy atom. The minimum atomic E-state index is -4.38. The molecular weight excluding hydrogens is 269 g/mol. The Morgan fingerprint density at radius 3 is 2.68 bits per heavy atom. The van der Waals surface area contributed by atoms with Gasteiger partial charge in [0.1, 0.15) is 12.3 Å². The van der Waals surface area contributed by atoms with E-state index in [2.05, 4.69) is 15.2 Å². The molecule has 19 heavy (non-hydrogen) atoms. The quantitative estimate of drug-likeness (QED) is 0.487. The van der Waals surface area contributed by atoms with E-state index in [-0.39, 0.29) is 30.4 Å². The van der Waals surface area contributed by atoms with Crippen LogP contribution in [0.3, 0.4) is 0 Å². The molecule has 1 aromatic rings. The lowest BCUT2D eigenvalue weighted by Crippen LogP contribution is -2.20. The fourth-order valence-electron chi connectivity index (χ4n) is 1.49. The minimum absolute atomic E-state index is 0.00981. The zero-order chi connectivity index (χ0) is 14.6. The van der Waals surface area contributed by atoms with E-state index >= 15 is 0 Å². The molecule has 0 aromatic carbocycles. The van der Waals surface area contributed by atoms with E-state index in [1.54, 1.807) is 0 Å². The van der Waals surface area contributed by atoms with Crippen molar-refractivity contribution in [3.63, 3.8) is 0 Å². The predicted octanol–water partition coefficient (Wildman–Crippen LogP) is 1.63. The van der Waals surface area contributed by atoms with Gasteiger partial charge >= 0.3 is 11.9 Å². The third-order valence-electron chi connectivity index (χ3n) is 2.18. The van der Waals surface area contributed by atoms with Gasteiger partial charge in [0.15, 0.2) is 0 Å². The summed E-state index contributed by atoms with van der Waals surface area (Å²) in [4.78, 5) is 10.2. The number of halogens is 3. The first-order valence-electron chi connectivity index (χ1n) is 5.28. The van der Waals surface area contributed by atoms with E-state index < -0.39 is 17.7 Å². The number of nitrogens with zero attached hydrogens (tertiary/aromatic N) is 3. The molecule has 0 bridgehead atoms. The Bertz CT molecular complexity index is 458. The van der Waals surface area contributed by atoms with E-state index in [1.807, 2.05) is 0 Å². The van der Waals surface area contributed by atoms with Crippen molar-refractivity contribution < 1.29 is 22.8 Å². The van der Waals surface area contributed by atoms with Crippen molar-refractivity contribution in [2.45, 2.75) is 13.1 Å². The number of alkyl halides is 3. The third kappa shape index (κ3) is 4.39. The molecule has 0 radical (unpaired) electrons. The summed E-state index contributed by atoms with van der Waals surface area (Å²) in [6.07, 6.45) is -4.38. The molecule has 0 fully saturated rings. The fraction of sp³-hybridized carbons (Fsp3) is 0.667. The number of hydrogen-bond acceptors (Lipinski definition) is 5. The summed E-state index contributed by atoms with van der Waals surface area (Å²) in [7, 11) is 1.50. The summed E-state index contributed by atoms with van der Waals surface area (Å²) in [5.41, 5.74) is 0.0320. The van der Waals surface area contributed by atoms with Crippen molar-refractivity contribution in [1.29, 1.82) is 0 Å². The average molecular weight is 282 g/mol.